The van der Waals surface area contributed by atoms with Crippen LogP contribution in [0.5, 0.6) is 0 Å². The van der Waals surface area contributed by atoms with E-state index < -0.39 is 5.97 Å². The zero-order valence-electron chi connectivity index (χ0n) is 17.4. The van der Waals surface area contributed by atoms with Gasteiger partial charge in [-0.3, -0.25) is 4.57 Å². The lowest BCUT2D eigenvalue weighted by atomic mass is 9.97. The second-order valence-electron chi connectivity index (χ2n) is 7.19. The molecule has 2 aromatic carbocycles. The molecule has 2 N–H and O–H groups in total. The van der Waals surface area contributed by atoms with E-state index >= 15 is 0 Å². The molecule has 0 bridgehead atoms. The first-order valence-electron chi connectivity index (χ1n) is 10.2. The number of imidazole rings is 1. The molecule has 1 heterocycles. The SMILES string of the molecule is CC#CCc1[nH]c(=O)n(CCCC)c1Cc1ccc(-c2ccccc2C(=O)O)cc1. The fourth-order valence-corrected chi connectivity index (χ4v) is 3.55. The van der Waals surface area contributed by atoms with Gasteiger partial charge >= 0.3 is 11.7 Å². The highest BCUT2D eigenvalue weighted by Crippen LogP contribution is 2.25. The maximum Gasteiger partial charge on any atom is 0.336 e. The average molecular weight is 402 g/mol. The standard InChI is InChI=1S/C25H26N2O3/c1-3-5-11-22-23(27(16-6-4-2)25(30)26-22)17-18-12-14-19(15-13-18)20-9-7-8-10-21(20)24(28)29/h7-10,12-15H,4,6,11,16-17H2,1-2H3,(H,26,30)(H,28,29). The molecule has 3 rings (SSSR count). The van der Waals surface area contributed by atoms with Crippen LogP contribution >= 0.6 is 0 Å². The molecule has 154 valence electrons. The van der Waals surface area contributed by atoms with Crippen molar-refractivity contribution >= 4 is 5.97 Å². The van der Waals surface area contributed by atoms with Gasteiger partial charge in [-0.15, -0.1) is 5.92 Å². The molecule has 0 saturated carbocycles. The number of aromatic nitrogens is 2. The largest absolute Gasteiger partial charge is 0.478 e. The molecule has 0 unspecified atom stereocenters. The minimum Gasteiger partial charge on any atom is -0.478 e. The number of H-pyrrole nitrogens is 1. The van der Waals surface area contributed by atoms with Crippen molar-refractivity contribution in [3.8, 4) is 23.0 Å². The Labute approximate surface area is 176 Å². The van der Waals surface area contributed by atoms with E-state index in [0.29, 0.717) is 24.9 Å². The minimum atomic E-state index is -0.941. The number of nitrogens with one attached hydrogen (secondary N) is 1. The summed E-state index contributed by atoms with van der Waals surface area (Å²) in [5.41, 5.74) is 4.63. The van der Waals surface area contributed by atoms with Gasteiger partial charge in [-0.25, -0.2) is 9.59 Å². The van der Waals surface area contributed by atoms with Gasteiger partial charge in [0.05, 0.1) is 17.7 Å². The maximum absolute atomic E-state index is 12.5. The van der Waals surface area contributed by atoms with Crippen LogP contribution in [-0.2, 0) is 19.4 Å². The molecule has 5 heteroatoms. The third-order valence-electron chi connectivity index (χ3n) is 5.15. The predicted molar refractivity (Wildman–Crippen MR) is 119 cm³/mol. The molecule has 0 aliphatic heterocycles. The molecule has 1 aromatic heterocycles. The molecule has 0 aliphatic rings. The molecular weight excluding hydrogens is 376 g/mol. The van der Waals surface area contributed by atoms with Crippen molar-refractivity contribution in [1.82, 2.24) is 9.55 Å². The Morgan fingerprint density at radius 2 is 1.87 bits per heavy atom. The van der Waals surface area contributed by atoms with Gasteiger partial charge in [0, 0.05) is 18.7 Å². The van der Waals surface area contributed by atoms with E-state index in [0.717, 1.165) is 35.4 Å². The van der Waals surface area contributed by atoms with Crippen LogP contribution in [-0.4, -0.2) is 20.6 Å². The normalized spacial score (nSPS) is 10.5. The molecule has 0 saturated heterocycles. The molecular formula is C25H26N2O3. The van der Waals surface area contributed by atoms with Crippen LogP contribution in [0.25, 0.3) is 11.1 Å². The zero-order chi connectivity index (χ0) is 21.5. The number of carboxylic acids is 1. The summed E-state index contributed by atoms with van der Waals surface area (Å²) < 4.78 is 1.82. The second kappa shape index (κ2) is 9.80. The fourth-order valence-electron chi connectivity index (χ4n) is 3.55. The Hall–Kier alpha value is -3.52. The molecule has 0 aliphatic carbocycles. The molecule has 3 aromatic rings. The number of nitrogens with zero attached hydrogens (tertiary/aromatic N) is 1. The van der Waals surface area contributed by atoms with Crippen LogP contribution in [0, 0.1) is 11.8 Å². The molecule has 30 heavy (non-hydrogen) atoms. The third-order valence-corrected chi connectivity index (χ3v) is 5.15. The lowest BCUT2D eigenvalue weighted by Gasteiger charge is -2.10. The van der Waals surface area contributed by atoms with Gasteiger partial charge in [0.15, 0.2) is 0 Å². The number of unbranched alkanes of at least 4 members (excludes halogenated alkanes) is 1. The van der Waals surface area contributed by atoms with Crippen LogP contribution < -0.4 is 5.69 Å². The molecule has 5 nitrogen and oxygen atoms in total. The van der Waals surface area contributed by atoms with Crippen LogP contribution in [0.15, 0.2) is 53.3 Å². The van der Waals surface area contributed by atoms with Gasteiger partial charge in [-0.1, -0.05) is 61.7 Å². The van der Waals surface area contributed by atoms with Crippen LogP contribution in [0.1, 0.15) is 54.0 Å². The Morgan fingerprint density at radius 1 is 1.13 bits per heavy atom. The highest BCUT2D eigenvalue weighted by Gasteiger charge is 2.15. The summed E-state index contributed by atoms with van der Waals surface area (Å²) in [7, 11) is 0. The lowest BCUT2D eigenvalue weighted by Crippen LogP contribution is -2.19. The Morgan fingerprint density at radius 3 is 2.53 bits per heavy atom. The Bertz CT molecular complexity index is 1140. The molecule has 0 radical (unpaired) electrons. The summed E-state index contributed by atoms with van der Waals surface area (Å²) in [4.78, 5) is 26.9. The second-order valence-corrected chi connectivity index (χ2v) is 7.19. The number of carboxylic acid groups (broad SMARTS) is 1. The van der Waals surface area contributed by atoms with E-state index in [1.807, 2.05) is 41.0 Å². The van der Waals surface area contributed by atoms with Crippen molar-refractivity contribution in [2.45, 2.75) is 46.1 Å². The van der Waals surface area contributed by atoms with E-state index in [9.17, 15) is 14.7 Å². The van der Waals surface area contributed by atoms with Gasteiger partial charge in [0.25, 0.3) is 0 Å². The minimum absolute atomic E-state index is 0.0849. The monoisotopic (exact) mass is 402 g/mol. The maximum atomic E-state index is 12.5. The lowest BCUT2D eigenvalue weighted by molar-refractivity contribution is 0.0697. The number of rotatable bonds is 8. The van der Waals surface area contributed by atoms with Crippen LogP contribution in [0.4, 0.5) is 0 Å². The van der Waals surface area contributed by atoms with Crippen molar-refractivity contribution in [2.75, 3.05) is 0 Å². The van der Waals surface area contributed by atoms with E-state index in [1.54, 1.807) is 19.1 Å². The summed E-state index contributed by atoms with van der Waals surface area (Å²) in [5, 5.41) is 9.43. The van der Waals surface area contributed by atoms with Crippen LogP contribution in [0.3, 0.4) is 0 Å². The number of hydrogen-bond acceptors (Lipinski definition) is 2. The fraction of sp³-hybridized carbons (Fsp3) is 0.280. The summed E-state index contributed by atoms with van der Waals surface area (Å²) in [6, 6.07) is 14.8. The van der Waals surface area contributed by atoms with E-state index in [4.69, 9.17) is 0 Å². The van der Waals surface area contributed by atoms with Crippen molar-refractivity contribution in [2.24, 2.45) is 0 Å². The molecule has 0 atom stereocenters. The predicted octanol–water partition coefficient (Wildman–Crippen LogP) is 4.50. The van der Waals surface area contributed by atoms with E-state index in [-0.39, 0.29) is 11.3 Å². The summed E-state index contributed by atoms with van der Waals surface area (Å²) in [6.07, 6.45) is 3.09. The highest BCUT2D eigenvalue weighted by atomic mass is 16.4. The third kappa shape index (κ3) is 4.72. The van der Waals surface area contributed by atoms with Gasteiger partial charge in [-0.05, 0) is 36.1 Å². The smallest absolute Gasteiger partial charge is 0.336 e. The van der Waals surface area contributed by atoms with Crippen molar-refractivity contribution < 1.29 is 9.90 Å². The van der Waals surface area contributed by atoms with Crippen LogP contribution in [0.2, 0.25) is 0 Å². The average Bonchev–Trinajstić information content (AvgIpc) is 3.05. The quantitative estimate of drug-likeness (QED) is 0.545. The summed E-state index contributed by atoms with van der Waals surface area (Å²) in [5.74, 6) is 4.99. The number of hydrogen-bond donors (Lipinski definition) is 2. The Balaban J connectivity index is 1.92. The van der Waals surface area contributed by atoms with Gasteiger partial charge in [-0.2, -0.15) is 0 Å². The number of aromatic amines is 1. The topological polar surface area (TPSA) is 75.1 Å². The van der Waals surface area contributed by atoms with Crippen molar-refractivity contribution in [3.63, 3.8) is 0 Å². The van der Waals surface area contributed by atoms with E-state index in [2.05, 4.69) is 23.7 Å². The number of benzene rings is 2. The molecule has 0 amide bonds. The van der Waals surface area contributed by atoms with Gasteiger partial charge in [0.2, 0.25) is 0 Å². The summed E-state index contributed by atoms with van der Waals surface area (Å²) >= 11 is 0. The number of carbonyl (C=O) groups is 1. The zero-order valence-corrected chi connectivity index (χ0v) is 17.4. The Kier molecular flexibility index (Phi) is 6.92. The highest BCUT2D eigenvalue weighted by molar-refractivity contribution is 5.95. The first-order valence-corrected chi connectivity index (χ1v) is 10.2. The number of aromatic carboxylic acids is 1. The van der Waals surface area contributed by atoms with E-state index in [1.165, 1.54) is 0 Å². The molecule has 0 fully saturated rings. The van der Waals surface area contributed by atoms with Gasteiger partial charge in [0.1, 0.15) is 0 Å². The first-order chi connectivity index (χ1) is 14.5. The first kappa shape index (κ1) is 21.2. The summed E-state index contributed by atoms with van der Waals surface area (Å²) in [6.45, 7) is 4.58. The van der Waals surface area contributed by atoms with Crippen molar-refractivity contribution in [3.05, 3.63) is 81.5 Å². The molecule has 0 spiro atoms. The van der Waals surface area contributed by atoms with Crippen molar-refractivity contribution in [1.29, 1.82) is 0 Å². The van der Waals surface area contributed by atoms with Gasteiger partial charge < -0.3 is 10.1 Å².